The third-order valence-electron chi connectivity index (χ3n) is 4.01. The maximum Gasteiger partial charge on any atom is 0.461 e. The van der Waals surface area contributed by atoms with Gasteiger partial charge in [-0.2, -0.15) is 0 Å². The SMILES string of the molecule is C[N+]1(NC(=O)O)C(=O)C(c2ccc(=O)oc2)=C(N)N(c2ccccc2)C1=O. The van der Waals surface area contributed by atoms with Crippen LogP contribution in [0.4, 0.5) is 15.3 Å². The highest BCUT2D eigenvalue weighted by Gasteiger charge is 2.54. The first kappa shape index (κ1) is 17.9. The zero-order valence-corrected chi connectivity index (χ0v) is 14.1. The molecule has 1 aliphatic rings. The summed E-state index contributed by atoms with van der Waals surface area (Å²) in [6, 6.07) is 9.66. The van der Waals surface area contributed by atoms with E-state index in [-0.39, 0.29) is 17.0 Å². The average molecular weight is 371 g/mol. The van der Waals surface area contributed by atoms with E-state index in [1.165, 1.54) is 6.07 Å². The summed E-state index contributed by atoms with van der Waals surface area (Å²) in [5.41, 5.74) is 7.69. The number of carboxylic acid groups (broad SMARTS) is 1. The molecule has 0 radical (unpaired) electrons. The second kappa shape index (κ2) is 6.42. The van der Waals surface area contributed by atoms with Gasteiger partial charge in [-0.25, -0.2) is 24.1 Å². The van der Waals surface area contributed by atoms with Crippen molar-refractivity contribution >= 4 is 29.3 Å². The zero-order valence-electron chi connectivity index (χ0n) is 14.1. The van der Waals surface area contributed by atoms with Gasteiger partial charge in [0.2, 0.25) is 0 Å². The van der Waals surface area contributed by atoms with Gasteiger partial charge in [-0.15, -0.1) is 5.43 Å². The number of nitrogens with one attached hydrogen (secondary N) is 1. The summed E-state index contributed by atoms with van der Waals surface area (Å²) in [5.74, 6) is -1.13. The summed E-state index contributed by atoms with van der Waals surface area (Å²) >= 11 is 0. The van der Waals surface area contributed by atoms with Crippen molar-refractivity contribution in [1.29, 1.82) is 0 Å². The summed E-state index contributed by atoms with van der Waals surface area (Å²) in [6.45, 7) is 0. The molecule has 1 unspecified atom stereocenters. The number of urea groups is 1. The number of carbonyl (C=O) groups excluding carboxylic acids is 2. The number of nitrogens with two attached hydrogens (primary N) is 1. The van der Waals surface area contributed by atoms with E-state index < -0.39 is 28.2 Å². The fourth-order valence-corrected chi connectivity index (χ4v) is 2.72. The standard InChI is InChI=1S/C17H14N4O6/c1-21(19-16(24)25)15(23)13(10-7-8-12(22)27-9-10)14(18)20(17(21)26)11-5-3-2-4-6-11/h2-9,19H,1H3,(H2-,18,23,24,25)/p+1. The van der Waals surface area contributed by atoms with Gasteiger partial charge in [-0.3, -0.25) is 0 Å². The Bertz CT molecular complexity index is 1010. The molecule has 138 valence electrons. The topological polar surface area (TPSA) is 143 Å². The molecule has 10 heteroatoms. The minimum Gasteiger partial charge on any atom is -0.462 e. The molecule has 1 aromatic heterocycles. The van der Waals surface area contributed by atoms with E-state index in [4.69, 9.17) is 15.3 Å². The number of benzene rings is 1. The largest absolute Gasteiger partial charge is 0.462 e. The van der Waals surface area contributed by atoms with Crippen molar-refractivity contribution in [2.45, 2.75) is 0 Å². The number of anilines is 1. The van der Waals surface area contributed by atoms with E-state index in [1.807, 2.05) is 5.43 Å². The van der Waals surface area contributed by atoms with Crippen LogP contribution in [0.2, 0.25) is 0 Å². The smallest absolute Gasteiger partial charge is 0.461 e. The summed E-state index contributed by atoms with van der Waals surface area (Å²) in [5, 5.41) is 9.13. The van der Waals surface area contributed by atoms with Crippen LogP contribution in [0, 0.1) is 0 Å². The van der Waals surface area contributed by atoms with Gasteiger partial charge in [0.25, 0.3) is 0 Å². The highest BCUT2D eigenvalue weighted by Crippen LogP contribution is 2.32. The highest BCUT2D eigenvalue weighted by atomic mass is 16.4. The Kier molecular flexibility index (Phi) is 4.26. The van der Waals surface area contributed by atoms with E-state index in [9.17, 15) is 19.2 Å². The Morgan fingerprint density at radius 2 is 1.81 bits per heavy atom. The lowest BCUT2D eigenvalue weighted by Crippen LogP contribution is -2.70. The zero-order chi connectivity index (χ0) is 19.8. The summed E-state index contributed by atoms with van der Waals surface area (Å²) in [7, 11) is 1.10. The van der Waals surface area contributed by atoms with Crippen LogP contribution < -0.4 is 21.7 Å². The lowest BCUT2D eigenvalue weighted by Gasteiger charge is -2.37. The van der Waals surface area contributed by atoms with Crippen LogP contribution >= 0.6 is 0 Å². The van der Waals surface area contributed by atoms with E-state index in [1.54, 1.807) is 30.3 Å². The second-order valence-electron chi connectivity index (χ2n) is 5.79. The number of likely N-dealkylation sites (N-methyl/N-ethyl adjacent to an activating group) is 1. The molecule has 0 saturated carbocycles. The normalized spacial score (nSPS) is 20.0. The van der Waals surface area contributed by atoms with Gasteiger partial charge in [0.05, 0.1) is 5.69 Å². The first-order valence-corrected chi connectivity index (χ1v) is 7.67. The number of quaternary nitrogens is 1. The second-order valence-corrected chi connectivity index (χ2v) is 5.79. The predicted molar refractivity (Wildman–Crippen MR) is 92.8 cm³/mol. The number of para-hydroxylation sites is 1. The first-order chi connectivity index (χ1) is 12.8. The number of hydrogen-bond acceptors (Lipinski definition) is 6. The molecule has 1 aliphatic heterocycles. The van der Waals surface area contributed by atoms with Crippen molar-refractivity contribution in [3.05, 3.63) is 70.5 Å². The van der Waals surface area contributed by atoms with Gasteiger partial charge in [0, 0.05) is 11.6 Å². The number of carbonyl (C=O) groups is 3. The van der Waals surface area contributed by atoms with E-state index in [2.05, 4.69) is 0 Å². The molecule has 2 heterocycles. The molecule has 0 saturated heterocycles. The van der Waals surface area contributed by atoms with Crippen LogP contribution in [-0.4, -0.2) is 34.8 Å². The average Bonchev–Trinajstić information content (AvgIpc) is 2.63. The maximum atomic E-state index is 13.0. The molecule has 10 nitrogen and oxygen atoms in total. The summed E-state index contributed by atoms with van der Waals surface area (Å²) in [6.07, 6.45) is -0.557. The summed E-state index contributed by atoms with van der Waals surface area (Å²) < 4.78 is 3.47. The highest BCUT2D eigenvalue weighted by molar-refractivity contribution is 6.24. The Balaban J connectivity index is 2.27. The lowest BCUT2D eigenvalue weighted by molar-refractivity contribution is -0.786. The third kappa shape index (κ3) is 2.93. The molecular weight excluding hydrogens is 356 g/mol. The van der Waals surface area contributed by atoms with Gasteiger partial charge in [0.15, 0.2) is 0 Å². The molecule has 0 fully saturated rings. The lowest BCUT2D eigenvalue weighted by atomic mass is 10.0. The van der Waals surface area contributed by atoms with Crippen molar-refractivity contribution in [2.75, 3.05) is 11.9 Å². The fourth-order valence-electron chi connectivity index (χ4n) is 2.72. The van der Waals surface area contributed by atoms with Gasteiger partial charge in [0.1, 0.15) is 24.7 Å². The van der Waals surface area contributed by atoms with Crippen molar-refractivity contribution in [2.24, 2.45) is 5.73 Å². The van der Waals surface area contributed by atoms with Crippen LogP contribution in [0.5, 0.6) is 0 Å². The van der Waals surface area contributed by atoms with Gasteiger partial charge in [-0.1, -0.05) is 22.8 Å². The van der Waals surface area contributed by atoms with E-state index in [0.717, 1.165) is 24.3 Å². The molecule has 1 aromatic carbocycles. The number of rotatable bonds is 3. The molecule has 3 rings (SSSR count). The number of imide groups is 1. The van der Waals surface area contributed by atoms with Crippen LogP contribution in [0.15, 0.2) is 63.8 Å². The van der Waals surface area contributed by atoms with Gasteiger partial charge in [-0.05, 0) is 18.2 Å². The molecule has 0 aliphatic carbocycles. The molecule has 4 amide bonds. The monoisotopic (exact) mass is 371 g/mol. The van der Waals surface area contributed by atoms with Gasteiger partial charge >= 0.3 is 23.7 Å². The number of hydrogen-bond donors (Lipinski definition) is 3. The summed E-state index contributed by atoms with van der Waals surface area (Å²) in [4.78, 5) is 49.5. The van der Waals surface area contributed by atoms with Crippen LogP contribution in [0.1, 0.15) is 5.56 Å². The molecule has 0 spiro atoms. The molecule has 2 aromatic rings. The van der Waals surface area contributed by atoms with Crippen molar-refractivity contribution < 1.29 is 28.5 Å². The Labute approximate surface area is 152 Å². The van der Waals surface area contributed by atoms with Crippen LogP contribution in [-0.2, 0) is 4.79 Å². The third-order valence-corrected chi connectivity index (χ3v) is 4.01. The maximum absolute atomic E-state index is 13.0. The Hall–Kier alpha value is -3.92. The van der Waals surface area contributed by atoms with Crippen LogP contribution in [0.25, 0.3) is 5.57 Å². The molecule has 1 atom stereocenters. The molecular formula is C17H15N4O6+. The quantitative estimate of drug-likeness (QED) is 0.685. The molecule has 0 bridgehead atoms. The van der Waals surface area contributed by atoms with Crippen molar-refractivity contribution in [3.63, 3.8) is 0 Å². The predicted octanol–water partition coefficient (Wildman–Crippen LogP) is 1.06. The fraction of sp³-hybridized carbons (Fsp3) is 0.0588. The van der Waals surface area contributed by atoms with Crippen molar-refractivity contribution in [3.8, 4) is 0 Å². The first-order valence-electron chi connectivity index (χ1n) is 7.67. The van der Waals surface area contributed by atoms with Gasteiger partial charge < -0.3 is 15.3 Å². The van der Waals surface area contributed by atoms with E-state index in [0.29, 0.717) is 5.69 Å². The number of nitrogens with zero attached hydrogens (tertiary/aromatic N) is 2. The Morgan fingerprint density at radius 1 is 1.15 bits per heavy atom. The Morgan fingerprint density at radius 3 is 2.37 bits per heavy atom. The number of amides is 4. The molecule has 27 heavy (non-hydrogen) atoms. The van der Waals surface area contributed by atoms with Crippen LogP contribution in [0.3, 0.4) is 0 Å². The van der Waals surface area contributed by atoms with E-state index >= 15 is 0 Å². The molecule has 4 N–H and O–H groups in total. The minimum atomic E-state index is -1.58. The van der Waals surface area contributed by atoms with Crippen molar-refractivity contribution in [1.82, 2.24) is 5.43 Å². The minimum absolute atomic E-state index is 0.127.